The molecule has 0 aliphatic carbocycles. The van der Waals surface area contributed by atoms with E-state index in [-0.39, 0.29) is 23.7 Å². The van der Waals surface area contributed by atoms with Crippen LogP contribution in [0.1, 0.15) is 13.3 Å². The highest BCUT2D eigenvalue weighted by Gasteiger charge is 2.30. The third-order valence-electron chi connectivity index (χ3n) is 3.01. The number of hydrogen-bond acceptors (Lipinski definition) is 4. The van der Waals surface area contributed by atoms with E-state index in [0.29, 0.717) is 18.0 Å². The summed E-state index contributed by atoms with van der Waals surface area (Å²) in [4.78, 5) is 12.0. The standard InChI is InChI=1S/C12H16N2O3/c1-7-9(4-5-17-7)12(16)14-11-3-2-8(15)6-10(11)13/h2-3,6-7,9,15H,4-5,13H2,1H3,(H,14,16). The molecule has 0 aromatic heterocycles. The molecule has 4 N–H and O–H groups in total. The molecule has 1 aliphatic rings. The molecular formula is C12H16N2O3. The van der Waals surface area contributed by atoms with Gasteiger partial charge in [0.25, 0.3) is 0 Å². The molecule has 0 saturated carbocycles. The second-order valence-electron chi connectivity index (χ2n) is 4.23. The zero-order chi connectivity index (χ0) is 12.4. The first-order chi connectivity index (χ1) is 8.08. The van der Waals surface area contributed by atoms with Gasteiger partial charge in [-0.3, -0.25) is 4.79 Å². The van der Waals surface area contributed by atoms with E-state index in [1.807, 2.05) is 6.92 Å². The lowest BCUT2D eigenvalue weighted by Crippen LogP contribution is -2.28. The number of phenolic OH excluding ortho intramolecular Hbond substituents is 1. The summed E-state index contributed by atoms with van der Waals surface area (Å²) in [6.45, 7) is 2.50. The number of aromatic hydroxyl groups is 1. The van der Waals surface area contributed by atoms with Gasteiger partial charge < -0.3 is 20.9 Å². The van der Waals surface area contributed by atoms with Crippen LogP contribution in [0.15, 0.2) is 18.2 Å². The quantitative estimate of drug-likeness (QED) is 0.534. The van der Waals surface area contributed by atoms with E-state index < -0.39 is 0 Å². The Kier molecular flexibility index (Phi) is 3.19. The Balaban J connectivity index is 2.07. The Morgan fingerprint density at radius 2 is 2.35 bits per heavy atom. The summed E-state index contributed by atoms with van der Waals surface area (Å²) >= 11 is 0. The van der Waals surface area contributed by atoms with E-state index in [1.165, 1.54) is 12.1 Å². The molecule has 5 nitrogen and oxygen atoms in total. The van der Waals surface area contributed by atoms with Gasteiger partial charge in [-0.25, -0.2) is 0 Å². The van der Waals surface area contributed by atoms with Crippen LogP contribution in [0.2, 0.25) is 0 Å². The van der Waals surface area contributed by atoms with E-state index in [4.69, 9.17) is 10.5 Å². The second-order valence-corrected chi connectivity index (χ2v) is 4.23. The number of carbonyl (C=O) groups is 1. The normalized spacial score (nSPS) is 23.6. The van der Waals surface area contributed by atoms with Crippen molar-refractivity contribution < 1.29 is 14.6 Å². The maximum Gasteiger partial charge on any atom is 0.230 e. The van der Waals surface area contributed by atoms with E-state index in [0.717, 1.165) is 6.42 Å². The van der Waals surface area contributed by atoms with Crippen molar-refractivity contribution in [3.05, 3.63) is 18.2 Å². The summed E-state index contributed by atoms with van der Waals surface area (Å²) in [6.07, 6.45) is 0.665. The van der Waals surface area contributed by atoms with Crippen molar-refractivity contribution in [2.45, 2.75) is 19.4 Å². The molecule has 1 saturated heterocycles. The first kappa shape index (κ1) is 11.7. The average molecular weight is 236 g/mol. The first-order valence-corrected chi connectivity index (χ1v) is 5.59. The number of amides is 1. The molecule has 1 aromatic carbocycles. The predicted molar refractivity (Wildman–Crippen MR) is 64.7 cm³/mol. The molecule has 0 radical (unpaired) electrons. The molecular weight excluding hydrogens is 220 g/mol. The summed E-state index contributed by atoms with van der Waals surface area (Å²) in [5, 5.41) is 12.0. The number of ether oxygens (including phenoxy) is 1. The van der Waals surface area contributed by atoms with Crippen molar-refractivity contribution in [2.75, 3.05) is 17.7 Å². The Labute approximate surface area is 99.6 Å². The monoisotopic (exact) mass is 236 g/mol. The lowest BCUT2D eigenvalue weighted by Gasteiger charge is -2.15. The summed E-state index contributed by atoms with van der Waals surface area (Å²) in [5.74, 6) is -0.145. The largest absolute Gasteiger partial charge is 0.508 e. The van der Waals surface area contributed by atoms with Crippen molar-refractivity contribution in [1.29, 1.82) is 0 Å². The average Bonchev–Trinajstić information content (AvgIpc) is 2.68. The summed E-state index contributed by atoms with van der Waals surface area (Å²) in [6, 6.07) is 4.48. The topological polar surface area (TPSA) is 84.6 Å². The van der Waals surface area contributed by atoms with Crippen LogP contribution in [0, 0.1) is 5.92 Å². The molecule has 1 amide bonds. The van der Waals surface area contributed by atoms with Gasteiger partial charge in [-0.15, -0.1) is 0 Å². The van der Waals surface area contributed by atoms with Gasteiger partial charge in [0.15, 0.2) is 0 Å². The number of hydrogen-bond donors (Lipinski definition) is 3. The molecule has 17 heavy (non-hydrogen) atoms. The van der Waals surface area contributed by atoms with Crippen LogP contribution in [0.5, 0.6) is 5.75 Å². The second kappa shape index (κ2) is 4.63. The van der Waals surface area contributed by atoms with Crippen LogP contribution in [-0.2, 0) is 9.53 Å². The zero-order valence-corrected chi connectivity index (χ0v) is 9.64. The minimum Gasteiger partial charge on any atom is -0.508 e. The van der Waals surface area contributed by atoms with Gasteiger partial charge in [0.1, 0.15) is 5.75 Å². The van der Waals surface area contributed by atoms with Crippen molar-refractivity contribution in [1.82, 2.24) is 0 Å². The van der Waals surface area contributed by atoms with E-state index >= 15 is 0 Å². The number of nitrogen functional groups attached to an aromatic ring is 1. The fraction of sp³-hybridized carbons (Fsp3) is 0.417. The SMILES string of the molecule is CC1OCCC1C(=O)Nc1ccc(O)cc1N. The Bertz CT molecular complexity index is 434. The number of carbonyl (C=O) groups excluding carboxylic acids is 1. The smallest absolute Gasteiger partial charge is 0.230 e. The van der Waals surface area contributed by atoms with Gasteiger partial charge in [0.2, 0.25) is 5.91 Å². The van der Waals surface area contributed by atoms with Gasteiger partial charge in [0, 0.05) is 12.7 Å². The number of benzene rings is 1. The number of anilines is 2. The molecule has 2 atom stereocenters. The number of rotatable bonds is 2. The van der Waals surface area contributed by atoms with Crippen molar-refractivity contribution in [3.63, 3.8) is 0 Å². The van der Waals surface area contributed by atoms with Crippen LogP contribution < -0.4 is 11.1 Å². The lowest BCUT2D eigenvalue weighted by atomic mass is 10.0. The summed E-state index contributed by atoms with van der Waals surface area (Å²) in [5.41, 5.74) is 6.57. The first-order valence-electron chi connectivity index (χ1n) is 5.59. The van der Waals surface area contributed by atoms with Crippen LogP contribution >= 0.6 is 0 Å². The molecule has 0 spiro atoms. The predicted octanol–water partition coefficient (Wildman–Crippen LogP) is 1.34. The van der Waals surface area contributed by atoms with Gasteiger partial charge in [0.05, 0.1) is 23.4 Å². The van der Waals surface area contributed by atoms with Crippen molar-refractivity contribution >= 4 is 17.3 Å². The molecule has 92 valence electrons. The zero-order valence-electron chi connectivity index (χ0n) is 9.64. The van der Waals surface area contributed by atoms with Crippen LogP contribution in [0.25, 0.3) is 0 Å². The number of phenols is 1. The summed E-state index contributed by atoms with van der Waals surface area (Å²) in [7, 11) is 0. The fourth-order valence-corrected chi connectivity index (χ4v) is 1.97. The lowest BCUT2D eigenvalue weighted by molar-refractivity contribution is -0.121. The van der Waals surface area contributed by atoms with E-state index in [2.05, 4.69) is 5.32 Å². The molecule has 1 aliphatic heterocycles. The van der Waals surface area contributed by atoms with Crippen LogP contribution in [-0.4, -0.2) is 23.7 Å². The maximum atomic E-state index is 12.0. The highest BCUT2D eigenvalue weighted by atomic mass is 16.5. The molecule has 1 fully saturated rings. The molecule has 5 heteroatoms. The highest BCUT2D eigenvalue weighted by molar-refractivity contribution is 5.95. The molecule has 1 heterocycles. The Morgan fingerprint density at radius 1 is 1.59 bits per heavy atom. The minimum absolute atomic E-state index is 0.0617. The molecule has 2 rings (SSSR count). The van der Waals surface area contributed by atoms with Gasteiger partial charge in [-0.1, -0.05) is 0 Å². The Hall–Kier alpha value is -1.75. The third-order valence-corrected chi connectivity index (χ3v) is 3.01. The summed E-state index contributed by atoms with van der Waals surface area (Å²) < 4.78 is 5.34. The van der Waals surface area contributed by atoms with Gasteiger partial charge in [-0.05, 0) is 25.5 Å². The Morgan fingerprint density at radius 3 is 2.94 bits per heavy atom. The molecule has 1 aromatic rings. The molecule has 0 bridgehead atoms. The third kappa shape index (κ3) is 2.50. The van der Waals surface area contributed by atoms with Crippen LogP contribution in [0.4, 0.5) is 11.4 Å². The van der Waals surface area contributed by atoms with E-state index in [1.54, 1.807) is 6.07 Å². The number of nitrogens with one attached hydrogen (secondary N) is 1. The molecule has 2 unspecified atom stereocenters. The number of nitrogens with two attached hydrogens (primary N) is 1. The van der Waals surface area contributed by atoms with Crippen molar-refractivity contribution in [2.24, 2.45) is 5.92 Å². The van der Waals surface area contributed by atoms with Gasteiger partial charge in [-0.2, -0.15) is 0 Å². The van der Waals surface area contributed by atoms with Gasteiger partial charge >= 0.3 is 0 Å². The minimum atomic E-state index is -0.136. The van der Waals surface area contributed by atoms with E-state index in [9.17, 15) is 9.90 Å². The van der Waals surface area contributed by atoms with Crippen molar-refractivity contribution in [3.8, 4) is 5.75 Å². The highest BCUT2D eigenvalue weighted by Crippen LogP contribution is 2.26. The maximum absolute atomic E-state index is 12.0. The fourth-order valence-electron chi connectivity index (χ4n) is 1.97. The van der Waals surface area contributed by atoms with Crippen LogP contribution in [0.3, 0.4) is 0 Å².